The Bertz CT molecular complexity index is 623. The van der Waals surface area contributed by atoms with Crippen molar-refractivity contribution < 1.29 is 18.3 Å². The Labute approximate surface area is 109 Å². The Kier molecular flexibility index (Phi) is 3.62. The van der Waals surface area contributed by atoms with Gasteiger partial charge in [0.05, 0.1) is 5.56 Å². The summed E-state index contributed by atoms with van der Waals surface area (Å²) in [4.78, 5) is 0. The third-order valence-corrected chi connectivity index (χ3v) is 3.13. The van der Waals surface area contributed by atoms with Crippen molar-refractivity contribution >= 4 is 0 Å². The largest absolute Gasteiger partial charge is 0.383 e. The van der Waals surface area contributed by atoms with E-state index in [0.717, 1.165) is 12.1 Å². The molecule has 19 heavy (non-hydrogen) atoms. The van der Waals surface area contributed by atoms with Gasteiger partial charge in [0.15, 0.2) is 0 Å². The predicted molar refractivity (Wildman–Crippen MR) is 66.3 cm³/mol. The summed E-state index contributed by atoms with van der Waals surface area (Å²) in [5.41, 5.74) is 0.496. The minimum Gasteiger partial charge on any atom is -0.383 e. The smallest absolute Gasteiger partial charge is 0.135 e. The fourth-order valence-corrected chi connectivity index (χ4v) is 1.99. The highest BCUT2D eigenvalue weighted by molar-refractivity contribution is 5.38. The molecule has 0 bridgehead atoms. The molecule has 2 aromatic rings. The van der Waals surface area contributed by atoms with E-state index < -0.39 is 29.1 Å². The maximum atomic E-state index is 13.9. The zero-order chi connectivity index (χ0) is 14.2. The van der Waals surface area contributed by atoms with E-state index in [1.54, 1.807) is 6.92 Å². The summed E-state index contributed by atoms with van der Waals surface area (Å²) in [7, 11) is 0. The number of benzene rings is 2. The van der Waals surface area contributed by atoms with E-state index in [1.165, 1.54) is 25.1 Å². The van der Waals surface area contributed by atoms with Gasteiger partial charge in [-0.05, 0) is 48.7 Å². The Balaban J connectivity index is 2.59. The lowest BCUT2D eigenvalue weighted by molar-refractivity contribution is 0.207. The lowest BCUT2D eigenvalue weighted by Crippen LogP contribution is -2.09. The Morgan fingerprint density at radius 3 is 2.26 bits per heavy atom. The summed E-state index contributed by atoms with van der Waals surface area (Å²) >= 11 is 0. The van der Waals surface area contributed by atoms with Crippen LogP contribution in [0.25, 0.3) is 0 Å². The van der Waals surface area contributed by atoms with Crippen molar-refractivity contribution in [3.8, 4) is 0 Å². The fraction of sp³-hybridized carbons (Fsp3) is 0.200. The molecule has 2 rings (SSSR count). The second-order valence-corrected chi connectivity index (χ2v) is 4.50. The van der Waals surface area contributed by atoms with E-state index in [0.29, 0.717) is 5.56 Å². The highest BCUT2D eigenvalue weighted by atomic mass is 19.1. The molecule has 0 saturated carbocycles. The molecule has 0 spiro atoms. The molecule has 0 aliphatic carbocycles. The van der Waals surface area contributed by atoms with Gasteiger partial charge < -0.3 is 5.11 Å². The lowest BCUT2D eigenvalue weighted by Gasteiger charge is -2.16. The van der Waals surface area contributed by atoms with E-state index in [4.69, 9.17) is 0 Å². The predicted octanol–water partition coefficient (Wildman–Crippen LogP) is 3.80. The summed E-state index contributed by atoms with van der Waals surface area (Å²) < 4.78 is 40.8. The van der Waals surface area contributed by atoms with Crippen LogP contribution in [0.2, 0.25) is 0 Å². The molecule has 0 saturated heterocycles. The van der Waals surface area contributed by atoms with Crippen LogP contribution < -0.4 is 0 Å². The van der Waals surface area contributed by atoms with Gasteiger partial charge in [0.2, 0.25) is 0 Å². The minimum absolute atomic E-state index is 0.156. The molecule has 4 heteroatoms. The second kappa shape index (κ2) is 5.05. The lowest BCUT2D eigenvalue weighted by atomic mass is 9.95. The van der Waals surface area contributed by atoms with Crippen LogP contribution in [0.5, 0.6) is 0 Å². The van der Waals surface area contributed by atoms with E-state index in [2.05, 4.69) is 0 Å². The van der Waals surface area contributed by atoms with E-state index in [9.17, 15) is 18.3 Å². The van der Waals surface area contributed by atoms with Crippen molar-refractivity contribution in [3.05, 3.63) is 70.0 Å². The number of aryl methyl sites for hydroxylation is 2. The summed E-state index contributed by atoms with van der Waals surface area (Å²) in [6.45, 7) is 3.12. The zero-order valence-electron chi connectivity index (χ0n) is 10.5. The van der Waals surface area contributed by atoms with Gasteiger partial charge in [-0.25, -0.2) is 13.2 Å². The standard InChI is InChI=1S/C15H13F3O/c1-8-3-5-10(16)7-11(8)15(19)13-12(17)6-4-9(2)14(13)18/h3-7,15,19H,1-2H3. The quantitative estimate of drug-likeness (QED) is 0.876. The van der Waals surface area contributed by atoms with Gasteiger partial charge >= 0.3 is 0 Å². The molecule has 2 aromatic carbocycles. The maximum Gasteiger partial charge on any atom is 0.135 e. The van der Waals surface area contributed by atoms with Crippen molar-refractivity contribution in [2.45, 2.75) is 20.0 Å². The van der Waals surface area contributed by atoms with Crippen LogP contribution in [-0.2, 0) is 0 Å². The first-order valence-electron chi connectivity index (χ1n) is 5.80. The molecule has 100 valence electrons. The number of hydrogen-bond donors (Lipinski definition) is 1. The van der Waals surface area contributed by atoms with Crippen LogP contribution >= 0.6 is 0 Å². The summed E-state index contributed by atoms with van der Waals surface area (Å²) in [6, 6.07) is 6.15. The van der Waals surface area contributed by atoms with Gasteiger partial charge in [0, 0.05) is 0 Å². The monoisotopic (exact) mass is 266 g/mol. The van der Waals surface area contributed by atoms with Crippen LogP contribution in [0.3, 0.4) is 0 Å². The molecule has 0 aromatic heterocycles. The molecule has 1 N–H and O–H groups in total. The van der Waals surface area contributed by atoms with Crippen LogP contribution in [0.15, 0.2) is 30.3 Å². The number of aliphatic hydroxyl groups excluding tert-OH is 1. The normalized spacial score (nSPS) is 12.5. The third-order valence-electron chi connectivity index (χ3n) is 3.13. The first kappa shape index (κ1) is 13.6. The van der Waals surface area contributed by atoms with Gasteiger partial charge in [-0.3, -0.25) is 0 Å². The van der Waals surface area contributed by atoms with Crippen LogP contribution in [0, 0.1) is 31.3 Å². The van der Waals surface area contributed by atoms with Crippen molar-refractivity contribution in [3.63, 3.8) is 0 Å². The van der Waals surface area contributed by atoms with Crippen molar-refractivity contribution in [2.24, 2.45) is 0 Å². The van der Waals surface area contributed by atoms with Crippen molar-refractivity contribution in [1.29, 1.82) is 0 Å². The minimum atomic E-state index is -1.53. The second-order valence-electron chi connectivity index (χ2n) is 4.50. The van der Waals surface area contributed by atoms with Gasteiger partial charge in [-0.15, -0.1) is 0 Å². The van der Waals surface area contributed by atoms with Crippen LogP contribution in [0.1, 0.15) is 28.4 Å². The molecule has 1 unspecified atom stereocenters. The molecule has 0 aliphatic heterocycles. The summed E-state index contributed by atoms with van der Waals surface area (Å²) in [5, 5.41) is 10.1. The van der Waals surface area contributed by atoms with E-state index >= 15 is 0 Å². The fourth-order valence-electron chi connectivity index (χ4n) is 1.99. The van der Waals surface area contributed by atoms with Gasteiger partial charge in [-0.2, -0.15) is 0 Å². The Morgan fingerprint density at radius 2 is 1.58 bits per heavy atom. The van der Waals surface area contributed by atoms with E-state index in [-0.39, 0.29) is 11.1 Å². The number of halogens is 3. The molecule has 0 fully saturated rings. The molecule has 0 aliphatic rings. The van der Waals surface area contributed by atoms with E-state index in [1.807, 2.05) is 0 Å². The average molecular weight is 266 g/mol. The molecular formula is C15H13F3O. The third kappa shape index (κ3) is 2.49. The SMILES string of the molecule is Cc1ccc(F)cc1C(O)c1c(F)ccc(C)c1F. The molecular weight excluding hydrogens is 253 g/mol. The van der Waals surface area contributed by atoms with Gasteiger partial charge in [0.1, 0.15) is 23.6 Å². The topological polar surface area (TPSA) is 20.2 Å². The number of hydrogen-bond acceptors (Lipinski definition) is 1. The number of rotatable bonds is 2. The molecule has 0 radical (unpaired) electrons. The van der Waals surface area contributed by atoms with Crippen molar-refractivity contribution in [2.75, 3.05) is 0 Å². The first-order chi connectivity index (χ1) is 8.91. The highest BCUT2D eigenvalue weighted by Crippen LogP contribution is 2.30. The van der Waals surface area contributed by atoms with Crippen molar-refractivity contribution in [1.82, 2.24) is 0 Å². The Hall–Kier alpha value is -1.81. The van der Waals surface area contributed by atoms with Crippen LogP contribution in [-0.4, -0.2) is 5.11 Å². The molecule has 0 heterocycles. The van der Waals surface area contributed by atoms with Gasteiger partial charge in [-0.1, -0.05) is 12.1 Å². The highest BCUT2D eigenvalue weighted by Gasteiger charge is 2.22. The summed E-state index contributed by atoms with van der Waals surface area (Å²) in [6.07, 6.45) is -1.53. The summed E-state index contributed by atoms with van der Waals surface area (Å²) in [5.74, 6) is -2.22. The Morgan fingerprint density at radius 1 is 0.947 bits per heavy atom. The molecule has 1 atom stereocenters. The van der Waals surface area contributed by atoms with Crippen LogP contribution in [0.4, 0.5) is 13.2 Å². The van der Waals surface area contributed by atoms with Gasteiger partial charge in [0.25, 0.3) is 0 Å². The molecule has 0 amide bonds. The average Bonchev–Trinajstić information content (AvgIpc) is 2.37. The molecule has 1 nitrogen and oxygen atoms in total. The maximum absolute atomic E-state index is 13.9. The zero-order valence-corrected chi connectivity index (χ0v) is 10.5. The first-order valence-corrected chi connectivity index (χ1v) is 5.80. The number of aliphatic hydroxyl groups is 1.